The summed E-state index contributed by atoms with van der Waals surface area (Å²) in [6, 6.07) is 14.7. The van der Waals surface area contributed by atoms with Crippen molar-refractivity contribution in [2.75, 3.05) is 31.5 Å². The van der Waals surface area contributed by atoms with Crippen LogP contribution in [0, 0.1) is 0 Å². The number of para-hydroxylation sites is 1. The molecule has 0 radical (unpaired) electrons. The monoisotopic (exact) mass is 399 g/mol. The molecule has 1 N–H and O–H groups in total. The van der Waals surface area contributed by atoms with Crippen LogP contribution in [0.3, 0.4) is 0 Å². The highest BCUT2D eigenvalue weighted by atomic mass is 79.9. The van der Waals surface area contributed by atoms with Gasteiger partial charge in [-0.15, -0.1) is 0 Å². The predicted molar refractivity (Wildman–Crippen MR) is 112 cm³/mol. The normalized spacial score (nSPS) is 11.5. The number of hydrogen-bond donors (Lipinski definition) is 1. The highest BCUT2D eigenvalue weighted by Gasteiger charge is 2.09. The molecule has 3 rings (SSSR count). The molecule has 0 fully saturated rings. The van der Waals surface area contributed by atoms with E-state index < -0.39 is 0 Å². The Labute approximate surface area is 158 Å². The largest absolute Gasteiger partial charge is 0.384 e. The molecular formula is C21H26BrN3. The molecule has 0 atom stereocenters. The number of unbranched alkanes of at least 4 members (excludes halogenated alkanes) is 1. The van der Waals surface area contributed by atoms with E-state index in [1.807, 2.05) is 6.07 Å². The van der Waals surface area contributed by atoms with Gasteiger partial charge in [-0.1, -0.05) is 48.0 Å². The van der Waals surface area contributed by atoms with Gasteiger partial charge in [-0.2, -0.15) is 0 Å². The summed E-state index contributed by atoms with van der Waals surface area (Å²) in [5, 5.41) is 6.06. The van der Waals surface area contributed by atoms with Crippen LogP contribution in [0.2, 0.25) is 0 Å². The Morgan fingerprint density at radius 1 is 0.960 bits per heavy atom. The average Bonchev–Trinajstić information content (AvgIpc) is 2.64. The number of aromatic nitrogens is 1. The molecule has 0 aliphatic rings. The molecule has 1 heterocycles. The summed E-state index contributed by atoms with van der Waals surface area (Å²) in [6.45, 7) is 8.90. The molecule has 0 saturated carbocycles. The summed E-state index contributed by atoms with van der Waals surface area (Å²) in [7, 11) is 0. The van der Waals surface area contributed by atoms with Gasteiger partial charge in [0.1, 0.15) is 0 Å². The van der Waals surface area contributed by atoms with E-state index in [2.05, 4.69) is 76.4 Å². The summed E-state index contributed by atoms with van der Waals surface area (Å²) in [5.41, 5.74) is 3.28. The van der Waals surface area contributed by atoms with Crippen LogP contribution in [-0.2, 0) is 0 Å². The molecule has 2 aromatic carbocycles. The van der Waals surface area contributed by atoms with E-state index in [1.165, 1.54) is 35.8 Å². The first-order valence-corrected chi connectivity index (χ1v) is 9.96. The van der Waals surface area contributed by atoms with Crippen molar-refractivity contribution in [3.05, 3.63) is 46.9 Å². The molecule has 4 heteroatoms. The van der Waals surface area contributed by atoms with Crippen molar-refractivity contribution in [3.63, 3.8) is 0 Å². The lowest BCUT2D eigenvalue weighted by Crippen LogP contribution is -2.24. The third kappa shape index (κ3) is 4.31. The average molecular weight is 400 g/mol. The molecule has 1 aromatic heterocycles. The lowest BCUT2D eigenvalue weighted by molar-refractivity contribution is 0.298. The number of anilines is 1. The summed E-state index contributed by atoms with van der Waals surface area (Å²) in [4.78, 5) is 7.28. The van der Waals surface area contributed by atoms with Gasteiger partial charge in [0.2, 0.25) is 0 Å². The molecule has 0 bridgehead atoms. The summed E-state index contributed by atoms with van der Waals surface area (Å²) >= 11 is 3.59. The molecule has 25 heavy (non-hydrogen) atoms. The maximum absolute atomic E-state index is 4.80. The van der Waals surface area contributed by atoms with Gasteiger partial charge in [0.15, 0.2) is 0 Å². The minimum absolute atomic E-state index is 0.983. The molecule has 0 amide bonds. The maximum Gasteiger partial charge on any atom is 0.0731 e. The smallest absolute Gasteiger partial charge is 0.0731 e. The minimum Gasteiger partial charge on any atom is -0.384 e. The Morgan fingerprint density at radius 2 is 1.72 bits per heavy atom. The maximum atomic E-state index is 4.80. The van der Waals surface area contributed by atoms with Gasteiger partial charge in [0.05, 0.1) is 16.7 Å². The van der Waals surface area contributed by atoms with Crippen molar-refractivity contribution in [2.24, 2.45) is 0 Å². The van der Waals surface area contributed by atoms with Crippen molar-refractivity contribution in [1.82, 2.24) is 9.88 Å². The number of benzene rings is 2. The second-order valence-corrected chi connectivity index (χ2v) is 7.24. The fourth-order valence-electron chi connectivity index (χ4n) is 3.27. The van der Waals surface area contributed by atoms with Crippen LogP contribution in [0.4, 0.5) is 5.69 Å². The molecule has 0 aliphatic heterocycles. The van der Waals surface area contributed by atoms with Crippen molar-refractivity contribution in [3.8, 4) is 0 Å². The molecule has 0 saturated heterocycles. The van der Waals surface area contributed by atoms with E-state index >= 15 is 0 Å². The molecule has 0 spiro atoms. The second kappa shape index (κ2) is 8.63. The number of halogens is 1. The predicted octanol–water partition coefficient (Wildman–Crippen LogP) is 5.68. The van der Waals surface area contributed by atoms with E-state index in [0.29, 0.717) is 0 Å². The van der Waals surface area contributed by atoms with Crippen molar-refractivity contribution in [2.45, 2.75) is 26.7 Å². The number of rotatable bonds is 8. The van der Waals surface area contributed by atoms with Gasteiger partial charge >= 0.3 is 0 Å². The van der Waals surface area contributed by atoms with Crippen molar-refractivity contribution >= 4 is 43.4 Å². The van der Waals surface area contributed by atoms with Gasteiger partial charge in [-0.3, -0.25) is 0 Å². The third-order valence-corrected chi connectivity index (χ3v) is 5.23. The van der Waals surface area contributed by atoms with Crippen molar-refractivity contribution in [1.29, 1.82) is 0 Å². The zero-order valence-corrected chi connectivity index (χ0v) is 16.6. The van der Waals surface area contributed by atoms with Crippen LogP contribution in [0.5, 0.6) is 0 Å². The first kappa shape index (κ1) is 18.2. The lowest BCUT2D eigenvalue weighted by Gasteiger charge is -2.18. The quantitative estimate of drug-likeness (QED) is 0.389. The van der Waals surface area contributed by atoms with Gasteiger partial charge in [0.25, 0.3) is 0 Å². The molecule has 0 unspecified atom stereocenters. The topological polar surface area (TPSA) is 28.2 Å². The number of pyridine rings is 1. The van der Waals surface area contributed by atoms with E-state index in [1.54, 1.807) is 0 Å². The number of hydrogen-bond acceptors (Lipinski definition) is 3. The number of fused-ring (bicyclic) bond motifs is 2. The molecule has 3 aromatic rings. The Kier molecular flexibility index (Phi) is 6.27. The highest BCUT2D eigenvalue weighted by molar-refractivity contribution is 9.10. The summed E-state index contributed by atoms with van der Waals surface area (Å²) in [6.07, 6.45) is 2.39. The van der Waals surface area contributed by atoms with Crippen LogP contribution in [0.1, 0.15) is 26.7 Å². The third-order valence-electron chi connectivity index (χ3n) is 4.74. The Morgan fingerprint density at radius 3 is 2.52 bits per heavy atom. The van der Waals surface area contributed by atoms with Crippen LogP contribution in [0.15, 0.2) is 46.9 Å². The van der Waals surface area contributed by atoms with Crippen LogP contribution in [-0.4, -0.2) is 36.1 Å². The molecular weight excluding hydrogens is 374 g/mol. The van der Waals surface area contributed by atoms with E-state index in [9.17, 15) is 0 Å². The van der Waals surface area contributed by atoms with E-state index in [-0.39, 0.29) is 0 Å². The Hall–Kier alpha value is -1.65. The zero-order valence-electron chi connectivity index (χ0n) is 15.1. The first-order chi connectivity index (χ1) is 12.2. The molecule has 132 valence electrons. The minimum atomic E-state index is 0.983. The lowest BCUT2D eigenvalue weighted by atomic mass is 10.1. The number of nitrogens with zero attached hydrogens (tertiary/aromatic N) is 2. The highest BCUT2D eigenvalue weighted by Crippen LogP contribution is 2.32. The van der Waals surface area contributed by atoms with E-state index in [4.69, 9.17) is 4.98 Å². The summed E-state index contributed by atoms with van der Waals surface area (Å²) < 4.78 is 1.08. The van der Waals surface area contributed by atoms with E-state index in [0.717, 1.165) is 35.1 Å². The van der Waals surface area contributed by atoms with Crippen molar-refractivity contribution < 1.29 is 0 Å². The van der Waals surface area contributed by atoms with Gasteiger partial charge in [0, 0.05) is 21.8 Å². The van der Waals surface area contributed by atoms with Gasteiger partial charge in [-0.05, 0) is 56.7 Å². The Balaban J connectivity index is 1.79. The van der Waals surface area contributed by atoms with Gasteiger partial charge in [-0.25, -0.2) is 4.98 Å². The second-order valence-electron chi connectivity index (χ2n) is 6.33. The zero-order chi connectivity index (χ0) is 17.6. The number of nitrogens with one attached hydrogen (secondary N) is 1. The SMILES string of the molecule is CCN(CC)CCCCNc1c2ccccc2nc2ccc(Br)cc12. The first-order valence-electron chi connectivity index (χ1n) is 9.17. The fourth-order valence-corrected chi connectivity index (χ4v) is 3.63. The molecule has 3 nitrogen and oxygen atoms in total. The van der Waals surface area contributed by atoms with Gasteiger partial charge < -0.3 is 10.2 Å². The fraction of sp³-hybridized carbons (Fsp3) is 0.381. The van der Waals surface area contributed by atoms with Crippen LogP contribution < -0.4 is 5.32 Å². The van der Waals surface area contributed by atoms with Crippen LogP contribution >= 0.6 is 15.9 Å². The molecule has 0 aliphatic carbocycles. The summed E-state index contributed by atoms with van der Waals surface area (Å²) in [5.74, 6) is 0. The van der Waals surface area contributed by atoms with Crippen LogP contribution in [0.25, 0.3) is 21.8 Å². The standard InChI is InChI=1S/C21H26BrN3/c1-3-25(4-2)14-8-7-13-23-21-17-9-5-6-10-19(17)24-20-12-11-16(22)15-18(20)21/h5-6,9-12,15H,3-4,7-8,13-14H2,1-2H3,(H,23,24). The Bertz CT molecular complexity index is 843.